The second-order valence-corrected chi connectivity index (χ2v) is 2.67. The lowest BCUT2D eigenvalue weighted by Gasteiger charge is -1.94. The summed E-state index contributed by atoms with van der Waals surface area (Å²) in [6.07, 6.45) is 13.9. The number of allylic oxidation sites excluding steroid dienone is 8. The van der Waals surface area contributed by atoms with Crippen molar-refractivity contribution in [2.75, 3.05) is 0 Å². The van der Waals surface area contributed by atoms with E-state index in [2.05, 4.69) is 50.3 Å². The van der Waals surface area contributed by atoms with Gasteiger partial charge in [0.05, 0.1) is 0 Å². The molecule has 0 saturated carbocycles. The number of hydrogen-bond donors (Lipinski definition) is 0. The van der Waals surface area contributed by atoms with Crippen molar-refractivity contribution in [2.24, 2.45) is 0 Å². The first-order valence-corrected chi connectivity index (χ1v) is 4.06. The molecule has 0 heterocycles. The zero-order valence-electron chi connectivity index (χ0n) is 7.17. The van der Waals surface area contributed by atoms with Gasteiger partial charge >= 0.3 is 0 Å². The molecule has 0 amide bonds. The van der Waals surface area contributed by atoms with Gasteiger partial charge in [-0.15, -0.1) is 0 Å². The molecule has 1 aliphatic carbocycles. The standard InChI is InChI=1S/C11H14/c1-3-4-7-10(2)11-8-5-6-9-11/h4-9H,3H2,1-2H3/b7-4+. The van der Waals surface area contributed by atoms with Gasteiger partial charge in [0.25, 0.3) is 0 Å². The van der Waals surface area contributed by atoms with E-state index < -0.39 is 0 Å². The Morgan fingerprint density at radius 1 is 1.36 bits per heavy atom. The highest BCUT2D eigenvalue weighted by Crippen LogP contribution is 2.13. The summed E-state index contributed by atoms with van der Waals surface area (Å²) in [5.41, 5.74) is 2.67. The van der Waals surface area contributed by atoms with Crippen LogP contribution in [-0.4, -0.2) is 0 Å². The third-order valence-electron chi connectivity index (χ3n) is 1.72. The Kier molecular flexibility index (Phi) is 2.91. The topological polar surface area (TPSA) is 0 Å². The molecular weight excluding hydrogens is 132 g/mol. The molecule has 1 aliphatic rings. The van der Waals surface area contributed by atoms with Crippen LogP contribution >= 0.6 is 0 Å². The Morgan fingerprint density at radius 2 is 2.00 bits per heavy atom. The van der Waals surface area contributed by atoms with Crippen molar-refractivity contribution in [1.29, 1.82) is 0 Å². The summed E-state index contributed by atoms with van der Waals surface area (Å²) in [5.74, 6) is 0. The van der Waals surface area contributed by atoms with Crippen molar-refractivity contribution in [1.82, 2.24) is 0 Å². The van der Waals surface area contributed by atoms with Gasteiger partial charge in [-0.2, -0.15) is 0 Å². The van der Waals surface area contributed by atoms with Crippen LogP contribution in [0, 0.1) is 0 Å². The average molecular weight is 146 g/mol. The third kappa shape index (κ3) is 2.23. The molecule has 0 nitrogen and oxygen atoms in total. The number of hydrogen-bond acceptors (Lipinski definition) is 0. The van der Waals surface area contributed by atoms with Crippen molar-refractivity contribution in [3.63, 3.8) is 0 Å². The molecule has 0 bridgehead atoms. The molecule has 0 aromatic carbocycles. The van der Waals surface area contributed by atoms with Gasteiger partial charge in [-0.05, 0) is 24.5 Å². The van der Waals surface area contributed by atoms with Crippen LogP contribution in [0.5, 0.6) is 0 Å². The van der Waals surface area contributed by atoms with Gasteiger partial charge in [0.1, 0.15) is 0 Å². The first-order chi connectivity index (χ1) is 5.34. The van der Waals surface area contributed by atoms with E-state index in [-0.39, 0.29) is 0 Å². The molecule has 0 unspecified atom stereocenters. The minimum atomic E-state index is 1.11. The van der Waals surface area contributed by atoms with Crippen molar-refractivity contribution in [3.05, 3.63) is 47.6 Å². The van der Waals surface area contributed by atoms with Gasteiger partial charge in [-0.3, -0.25) is 0 Å². The van der Waals surface area contributed by atoms with E-state index in [1.807, 2.05) is 0 Å². The summed E-state index contributed by atoms with van der Waals surface area (Å²) in [6.45, 7) is 4.29. The van der Waals surface area contributed by atoms with Crippen LogP contribution in [0.3, 0.4) is 0 Å². The van der Waals surface area contributed by atoms with Gasteiger partial charge in [-0.1, -0.05) is 43.4 Å². The van der Waals surface area contributed by atoms with Gasteiger partial charge in [0, 0.05) is 0 Å². The maximum atomic E-state index is 2.18. The molecule has 0 heteroatoms. The smallest absolute Gasteiger partial charge is 0.0227 e. The van der Waals surface area contributed by atoms with Gasteiger partial charge in [0.15, 0.2) is 0 Å². The maximum absolute atomic E-state index is 2.18. The molecule has 0 atom stereocenters. The van der Waals surface area contributed by atoms with E-state index in [4.69, 9.17) is 0 Å². The lowest BCUT2D eigenvalue weighted by molar-refractivity contribution is 1.21. The van der Waals surface area contributed by atoms with Crippen molar-refractivity contribution in [2.45, 2.75) is 20.3 Å². The normalized spacial score (nSPS) is 15.3. The predicted molar refractivity (Wildman–Crippen MR) is 50.4 cm³/mol. The Bertz CT molecular complexity index is 223. The lowest BCUT2D eigenvalue weighted by atomic mass is 10.1. The van der Waals surface area contributed by atoms with Crippen LogP contribution in [0.2, 0.25) is 0 Å². The Balaban J connectivity index is 2.71. The second-order valence-electron chi connectivity index (χ2n) is 2.67. The van der Waals surface area contributed by atoms with Gasteiger partial charge in [-0.25, -0.2) is 0 Å². The molecule has 0 fully saturated rings. The average Bonchev–Trinajstić information content (AvgIpc) is 2.52. The number of rotatable bonds is 2. The molecule has 0 N–H and O–H groups in total. The Labute approximate surface area is 68.6 Å². The molecule has 58 valence electrons. The molecule has 11 heavy (non-hydrogen) atoms. The molecule has 0 radical (unpaired) electrons. The SMILES string of the molecule is CC/C=C/C(C)=C1C=CC=C1. The van der Waals surface area contributed by atoms with E-state index >= 15 is 0 Å². The van der Waals surface area contributed by atoms with Gasteiger partial charge in [0.2, 0.25) is 0 Å². The highest BCUT2D eigenvalue weighted by atomic mass is 14.0. The first kappa shape index (κ1) is 8.06. The van der Waals surface area contributed by atoms with E-state index in [0.717, 1.165) is 6.42 Å². The van der Waals surface area contributed by atoms with Crippen LogP contribution in [0.4, 0.5) is 0 Å². The summed E-state index contributed by atoms with van der Waals surface area (Å²) in [6, 6.07) is 0. The largest absolute Gasteiger partial charge is 0.0845 e. The molecule has 0 spiro atoms. The fourth-order valence-electron chi connectivity index (χ4n) is 1.03. The van der Waals surface area contributed by atoms with Crippen LogP contribution < -0.4 is 0 Å². The maximum Gasteiger partial charge on any atom is -0.0227 e. The predicted octanol–water partition coefficient (Wildman–Crippen LogP) is 3.40. The summed E-state index contributed by atoms with van der Waals surface area (Å²) < 4.78 is 0. The second kappa shape index (κ2) is 3.97. The van der Waals surface area contributed by atoms with Crippen LogP contribution in [0.1, 0.15) is 20.3 Å². The van der Waals surface area contributed by atoms with E-state index in [0.29, 0.717) is 0 Å². The Hall–Kier alpha value is -1.04. The Morgan fingerprint density at radius 3 is 2.55 bits per heavy atom. The zero-order valence-corrected chi connectivity index (χ0v) is 7.17. The molecular formula is C11H14. The summed E-state index contributed by atoms with van der Waals surface area (Å²) in [5, 5.41) is 0. The monoisotopic (exact) mass is 146 g/mol. The van der Waals surface area contributed by atoms with Gasteiger partial charge < -0.3 is 0 Å². The molecule has 0 aromatic rings. The zero-order chi connectivity index (χ0) is 8.10. The summed E-state index contributed by atoms with van der Waals surface area (Å²) in [7, 11) is 0. The van der Waals surface area contributed by atoms with Crippen LogP contribution in [-0.2, 0) is 0 Å². The molecule has 0 saturated heterocycles. The summed E-state index contributed by atoms with van der Waals surface area (Å²) >= 11 is 0. The molecule has 1 rings (SSSR count). The van der Waals surface area contributed by atoms with Crippen molar-refractivity contribution >= 4 is 0 Å². The highest BCUT2D eigenvalue weighted by Gasteiger charge is 1.93. The summed E-state index contributed by atoms with van der Waals surface area (Å²) in [4.78, 5) is 0. The fraction of sp³-hybridized carbons (Fsp3) is 0.273. The molecule has 0 aliphatic heterocycles. The quantitative estimate of drug-likeness (QED) is 0.560. The minimum Gasteiger partial charge on any atom is -0.0845 e. The minimum absolute atomic E-state index is 1.11. The lowest BCUT2D eigenvalue weighted by Crippen LogP contribution is -1.74. The van der Waals surface area contributed by atoms with E-state index in [1.165, 1.54) is 11.1 Å². The van der Waals surface area contributed by atoms with E-state index in [1.54, 1.807) is 0 Å². The van der Waals surface area contributed by atoms with Crippen LogP contribution in [0.25, 0.3) is 0 Å². The van der Waals surface area contributed by atoms with Crippen molar-refractivity contribution in [3.8, 4) is 0 Å². The van der Waals surface area contributed by atoms with Crippen LogP contribution in [0.15, 0.2) is 47.6 Å². The van der Waals surface area contributed by atoms with Crippen molar-refractivity contribution < 1.29 is 0 Å². The fourth-order valence-corrected chi connectivity index (χ4v) is 1.03. The third-order valence-corrected chi connectivity index (χ3v) is 1.72. The highest BCUT2D eigenvalue weighted by molar-refractivity contribution is 5.45. The first-order valence-electron chi connectivity index (χ1n) is 4.06. The molecule has 0 aromatic heterocycles. The van der Waals surface area contributed by atoms with E-state index in [9.17, 15) is 0 Å².